The van der Waals surface area contributed by atoms with Crippen molar-refractivity contribution in [2.75, 3.05) is 0 Å². The molecule has 1 heterocycles. The van der Waals surface area contributed by atoms with Crippen LogP contribution in [0.4, 0.5) is 0 Å². The smallest absolute Gasteiger partial charge is 0.164 e. The van der Waals surface area contributed by atoms with Crippen molar-refractivity contribution >= 4 is 0 Å². The number of aromatic nitrogens is 3. The molecule has 2 rings (SSSR count). The first kappa shape index (κ1) is 8.90. The SMILES string of the molecule is NCc1ncn(Cc2ccccc2)n1. The van der Waals surface area contributed by atoms with Gasteiger partial charge in [-0.1, -0.05) is 30.3 Å². The van der Waals surface area contributed by atoms with Crippen LogP contribution >= 0.6 is 0 Å². The monoisotopic (exact) mass is 188 g/mol. The second kappa shape index (κ2) is 4.02. The topological polar surface area (TPSA) is 56.7 Å². The second-order valence-electron chi connectivity index (χ2n) is 3.05. The molecule has 0 fully saturated rings. The molecule has 0 aliphatic heterocycles. The molecular weight excluding hydrogens is 176 g/mol. The molecule has 0 radical (unpaired) electrons. The summed E-state index contributed by atoms with van der Waals surface area (Å²) in [5.74, 6) is 0.681. The zero-order valence-electron chi connectivity index (χ0n) is 7.80. The maximum absolute atomic E-state index is 5.42. The molecule has 4 nitrogen and oxygen atoms in total. The van der Waals surface area contributed by atoms with Gasteiger partial charge in [-0.15, -0.1) is 0 Å². The standard InChI is InChI=1S/C10H12N4/c11-6-10-12-8-14(13-10)7-9-4-2-1-3-5-9/h1-5,8H,6-7,11H2. The third-order valence-corrected chi connectivity index (χ3v) is 1.95. The van der Waals surface area contributed by atoms with Gasteiger partial charge in [0.05, 0.1) is 13.1 Å². The van der Waals surface area contributed by atoms with Crippen LogP contribution in [0, 0.1) is 0 Å². The van der Waals surface area contributed by atoms with E-state index in [4.69, 9.17) is 5.73 Å². The van der Waals surface area contributed by atoms with E-state index in [0.29, 0.717) is 12.4 Å². The van der Waals surface area contributed by atoms with Gasteiger partial charge in [-0.25, -0.2) is 9.67 Å². The van der Waals surface area contributed by atoms with E-state index in [1.165, 1.54) is 5.56 Å². The summed E-state index contributed by atoms with van der Waals surface area (Å²) in [7, 11) is 0. The van der Waals surface area contributed by atoms with Crippen LogP contribution in [0.3, 0.4) is 0 Å². The fourth-order valence-corrected chi connectivity index (χ4v) is 1.27. The molecule has 1 aromatic heterocycles. The molecule has 1 aromatic carbocycles. The van der Waals surface area contributed by atoms with Gasteiger partial charge in [-0.05, 0) is 5.56 Å². The third-order valence-electron chi connectivity index (χ3n) is 1.95. The van der Waals surface area contributed by atoms with Gasteiger partial charge in [0.15, 0.2) is 5.82 Å². The Hall–Kier alpha value is -1.68. The Labute approximate surface area is 82.4 Å². The summed E-state index contributed by atoms with van der Waals surface area (Å²) in [6.45, 7) is 1.13. The van der Waals surface area contributed by atoms with E-state index in [1.807, 2.05) is 18.2 Å². The average molecular weight is 188 g/mol. The molecule has 0 aliphatic rings. The first-order valence-electron chi connectivity index (χ1n) is 4.51. The molecule has 0 amide bonds. The lowest BCUT2D eigenvalue weighted by atomic mass is 10.2. The van der Waals surface area contributed by atoms with Gasteiger partial charge in [0, 0.05) is 0 Å². The highest BCUT2D eigenvalue weighted by molar-refractivity contribution is 5.14. The largest absolute Gasteiger partial charge is 0.324 e. The molecule has 0 saturated heterocycles. The lowest BCUT2D eigenvalue weighted by molar-refractivity contribution is 0.672. The number of nitrogens with zero attached hydrogens (tertiary/aromatic N) is 3. The average Bonchev–Trinajstić information content (AvgIpc) is 2.67. The molecule has 2 aromatic rings. The summed E-state index contributed by atoms with van der Waals surface area (Å²) in [4.78, 5) is 4.06. The molecule has 0 spiro atoms. The van der Waals surface area contributed by atoms with Crippen molar-refractivity contribution < 1.29 is 0 Å². The van der Waals surface area contributed by atoms with Gasteiger partial charge in [0.25, 0.3) is 0 Å². The van der Waals surface area contributed by atoms with Crippen LogP contribution in [0.5, 0.6) is 0 Å². The van der Waals surface area contributed by atoms with Crippen molar-refractivity contribution in [3.05, 3.63) is 48.0 Å². The van der Waals surface area contributed by atoms with Crippen molar-refractivity contribution in [1.82, 2.24) is 14.8 Å². The number of hydrogen-bond acceptors (Lipinski definition) is 3. The maximum atomic E-state index is 5.42. The molecule has 0 bridgehead atoms. The first-order chi connectivity index (χ1) is 6.88. The highest BCUT2D eigenvalue weighted by Crippen LogP contribution is 2.00. The zero-order valence-corrected chi connectivity index (χ0v) is 7.80. The number of rotatable bonds is 3. The quantitative estimate of drug-likeness (QED) is 0.774. The van der Waals surface area contributed by atoms with E-state index < -0.39 is 0 Å². The van der Waals surface area contributed by atoms with Gasteiger partial charge < -0.3 is 5.73 Å². The van der Waals surface area contributed by atoms with Crippen molar-refractivity contribution in [3.63, 3.8) is 0 Å². The number of nitrogens with two attached hydrogens (primary N) is 1. The van der Waals surface area contributed by atoms with Gasteiger partial charge in [-0.2, -0.15) is 5.10 Å². The predicted octanol–water partition coefficient (Wildman–Crippen LogP) is 0.785. The normalized spacial score (nSPS) is 10.4. The Balaban J connectivity index is 2.11. The van der Waals surface area contributed by atoms with E-state index in [2.05, 4.69) is 22.2 Å². The van der Waals surface area contributed by atoms with Gasteiger partial charge in [0.2, 0.25) is 0 Å². The minimum absolute atomic E-state index is 0.391. The lowest BCUT2D eigenvalue weighted by Crippen LogP contribution is -2.03. The Kier molecular flexibility index (Phi) is 2.55. The summed E-state index contributed by atoms with van der Waals surface area (Å²) in [6.07, 6.45) is 1.70. The molecule has 0 atom stereocenters. The van der Waals surface area contributed by atoms with E-state index in [0.717, 1.165) is 6.54 Å². The highest BCUT2D eigenvalue weighted by Gasteiger charge is 1.98. The Morgan fingerprint density at radius 3 is 2.64 bits per heavy atom. The van der Waals surface area contributed by atoms with E-state index in [9.17, 15) is 0 Å². The summed E-state index contributed by atoms with van der Waals surface area (Å²) >= 11 is 0. The fourth-order valence-electron chi connectivity index (χ4n) is 1.27. The minimum Gasteiger partial charge on any atom is -0.324 e. The molecule has 14 heavy (non-hydrogen) atoms. The van der Waals surface area contributed by atoms with Crippen LogP contribution in [0.2, 0.25) is 0 Å². The third kappa shape index (κ3) is 1.97. The van der Waals surface area contributed by atoms with Crippen LogP contribution in [-0.4, -0.2) is 14.8 Å². The van der Waals surface area contributed by atoms with Crippen LogP contribution in [0.1, 0.15) is 11.4 Å². The van der Waals surface area contributed by atoms with Crippen molar-refractivity contribution in [2.45, 2.75) is 13.1 Å². The number of benzene rings is 1. The van der Waals surface area contributed by atoms with Gasteiger partial charge in [-0.3, -0.25) is 0 Å². The van der Waals surface area contributed by atoms with E-state index in [1.54, 1.807) is 11.0 Å². The Morgan fingerprint density at radius 2 is 2.00 bits per heavy atom. The summed E-state index contributed by atoms with van der Waals surface area (Å²) in [5, 5.41) is 4.20. The summed E-state index contributed by atoms with van der Waals surface area (Å²) < 4.78 is 1.79. The molecule has 0 aliphatic carbocycles. The predicted molar refractivity (Wildman–Crippen MR) is 53.5 cm³/mol. The van der Waals surface area contributed by atoms with Crippen LogP contribution in [-0.2, 0) is 13.1 Å². The highest BCUT2D eigenvalue weighted by atomic mass is 15.3. The fraction of sp³-hybridized carbons (Fsp3) is 0.200. The molecule has 4 heteroatoms. The summed E-state index contributed by atoms with van der Waals surface area (Å²) in [5.41, 5.74) is 6.63. The lowest BCUT2D eigenvalue weighted by Gasteiger charge is -1.99. The van der Waals surface area contributed by atoms with E-state index >= 15 is 0 Å². The van der Waals surface area contributed by atoms with Crippen LogP contribution < -0.4 is 5.73 Å². The van der Waals surface area contributed by atoms with Gasteiger partial charge >= 0.3 is 0 Å². The second-order valence-corrected chi connectivity index (χ2v) is 3.05. The first-order valence-corrected chi connectivity index (χ1v) is 4.51. The summed E-state index contributed by atoms with van der Waals surface area (Å²) in [6, 6.07) is 10.1. The molecule has 2 N–H and O–H groups in total. The van der Waals surface area contributed by atoms with Crippen LogP contribution in [0.25, 0.3) is 0 Å². The molecular formula is C10H12N4. The maximum Gasteiger partial charge on any atom is 0.164 e. The Bertz CT molecular complexity index is 394. The molecule has 72 valence electrons. The minimum atomic E-state index is 0.391. The van der Waals surface area contributed by atoms with E-state index in [-0.39, 0.29) is 0 Å². The van der Waals surface area contributed by atoms with Gasteiger partial charge in [0.1, 0.15) is 6.33 Å². The Morgan fingerprint density at radius 1 is 1.21 bits per heavy atom. The van der Waals surface area contributed by atoms with Crippen molar-refractivity contribution in [3.8, 4) is 0 Å². The van der Waals surface area contributed by atoms with Crippen molar-refractivity contribution in [2.24, 2.45) is 5.73 Å². The molecule has 0 saturated carbocycles. The van der Waals surface area contributed by atoms with Crippen LogP contribution in [0.15, 0.2) is 36.7 Å². The van der Waals surface area contributed by atoms with Crippen molar-refractivity contribution in [1.29, 1.82) is 0 Å². The number of hydrogen-bond donors (Lipinski definition) is 1. The molecule has 0 unspecified atom stereocenters. The zero-order chi connectivity index (χ0) is 9.80.